The fourth-order valence-electron chi connectivity index (χ4n) is 13.4. The van der Waals surface area contributed by atoms with Gasteiger partial charge in [0.15, 0.2) is 0 Å². The van der Waals surface area contributed by atoms with E-state index >= 15 is 0 Å². The summed E-state index contributed by atoms with van der Waals surface area (Å²) in [7, 11) is 9.49. The van der Waals surface area contributed by atoms with Gasteiger partial charge in [0.05, 0.1) is 178 Å². The fraction of sp³-hybridized carbons (Fsp3) is 0.640. The summed E-state index contributed by atoms with van der Waals surface area (Å²) in [5.41, 5.74) is 0.218. The Hall–Kier alpha value is -11.9. The second-order valence-corrected chi connectivity index (χ2v) is 30.2. The van der Waals surface area contributed by atoms with E-state index in [4.69, 9.17) is 99.0 Å². The van der Waals surface area contributed by atoms with Gasteiger partial charge in [0.2, 0.25) is 0 Å². The van der Waals surface area contributed by atoms with E-state index in [0.717, 1.165) is 80.3 Å². The average molecular weight is 1940 g/mol. The molecule has 17 atom stereocenters. The van der Waals surface area contributed by atoms with Crippen LogP contribution in [0, 0.1) is 100 Å². The van der Waals surface area contributed by atoms with Gasteiger partial charge in [-0.25, -0.2) is 44.9 Å². The Morgan fingerprint density at radius 1 is 0.287 bits per heavy atom. The second-order valence-electron chi connectivity index (χ2n) is 30.2. The molecule has 0 spiro atoms. The van der Waals surface area contributed by atoms with Crippen molar-refractivity contribution in [3.8, 4) is 0 Å². The number of ether oxygens (including phenoxy) is 9. The smallest absolute Gasteiger partial charge is 0.309 e. The highest BCUT2D eigenvalue weighted by atomic mass is 16.6. The molecule has 9 aromatic rings. The van der Waals surface area contributed by atoms with Crippen molar-refractivity contribution in [2.75, 3.05) is 59.3 Å². The van der Waals surface area contributed by atoms with E-state index in [1.165, 1.54) is 124 Å². The lowest BCUT2D eigenvalue weighted by Crippen LogP contribution is -2.18. The normalized spacial score (nSPS) is 37.5. The molecule has 0 aromatic carbocycles. The molecule has 136 heavy (non-hydrogen) atoms. The van der Waals surface area contributed by atoms with Crippen molar-refractivity contribution in [2.24, 2.45) is 164 Å². The summed E-state index contributed by atoms with van der Waals surface area (Å²) in [5.74, 6) is -35.9. The van der Waals surface area contributed by atoms with Gasteiger partial charge in [0.25, 0.3) is 0 Å². The average Bonchev–Trinajstić information content (AvgIpc) is 1.52. The van der Waals surface area contributed by atoms with Crippen LogP contribution in [0.5, 0.6) is 0 Å². The molecule has 0 radical (unpaired) electrons. The molecule has 36 nitrogen and oxygen atoms in total. The summed E-state index contributed by atoms with van der Waals surface area (Å²) in [5, 5.41) is 0. The molecule has 0 N–H and O–H groups in total. The van der Waals surface area contributed by atoms with Gasteiger partial charge >= 0.3 is 53.7 Å². The molecule has 9 aliphatic rings. The van der Waals surface area contributed by atoms with Crippen LogP contribution in [0.15, 0.2) is 113 Å². The molecule has 18 rings (SSSR count). The lowest BCUT2D eigenvalue weighted by atomic mass is 9.89. The first-order valence-corrected chi connectivity index (χ1v) is 43.0. The molecule has 0 saturated carbocycles. The van der Waals surface area contributed by atoms with Crippen LogP contribution in [0.4, 0.5) is 0 Å². The number of hydrogen-bond donors (Lipinski definition) is 0. The number of aryl methyl sites for hydroxylation is 10. The topological polar surface area (TPSA) is 397 Å². The molecular formula is C100H148N18O18. The maximum Gasteiger partial charge on any atom is 0.309 e. The molecule has 9 aromatic heterocycles. The third-order valence-corrected chi connectivity index (χ3v) is 21.3. The van der Waals surface area contributed by atoms with Crippen LogP contribution < -0.4 is 0 Å². The Balaban J connectivity index is 0.000000224. The number of rotatable bonds is 26. The van der Waals surface area contributed by atoms with Gasteiger partial charge in [-0.15, -0.1) is 0 Å². The van der Waals surface area contributed by atoms with E-state index in [0.29, 0.717) is 24.0 Å². The number of nitrogens with zero attached hydrogens (tertiary/aromatic N) is 18. The number of carbonyl (C=O) groups excluding carboxylic acids is 9. The number of esters is 9. The summed E-state index contributed by atoms with van der Waals surface area (Å²) >= 11 is 0. The lowest BCUT2D eigenvalue weighted by molar-refractivity contribution is -0.142. The van der Waals surface area contributed by atoms with Gasteiger partial charge in [-0.05, 0) is 121 Å². The van der Waals surface area contributed by atoms with Crippen LogP contribution in [-0.2, 0) is 206 Å². The van der Waals surface area contributed by atoms with Crippen LogP contribution in [0.2, 0.25) is 0 Å². The van der Waals surface area contributed by atoms with Crippen molar-refractivity contribution in [3.63, 3.8) is 0 Å². The van der Waals surface area contributed by atoms with Crippen LogP contribution in [-0.4, -0.2) is 199 Å². The van der Waals surface area contributed by atoms with Gasteiger partial charge < -0.3 is 83.7 Å². The second kappa shape index (κ2) is 54.2. The minimum absolute atomic E-state index is 0.00694. The van der Waals surface area contributed by atoms with Crippen LogP contribution in [0.25, 0.3) is 0 Å². The number of carbonyl (C=O) groups is 9. The molecule has 0 unspecified atom stereocenters. The standard InChI is InChI=1S/8C11H16N2O2.C6H10N2.C6H10O2/c8*1-3-10-8(6-15-11(10)14)4-9-5-12-7-13(9)2;1-3-6-4-7-5-8(6)2;1-2-5-3-4-8-6(5)7/h8*5,7-8,10H,3-4,6H2,1-2H3;4-5H,3H2,1-2H3;5H,2-4H2,1H3/t8*8-,10-;;5-/m00000000.0/s1/i3D2,4D2,8D,10D;3D2,4D2,6D2,10D;2D3,3D2,4D2,10D;4D2,8D,10D;4D2,6D2,10D;2D3,4D2,10D;4D2,8D;4D2,6D2;2D3,3D2;. The van der Waals surface area contributed by atoms with Gasteiger partial charge in [-0.3, -0.25) is 43.2 Å². The minimum atomic E-state index is -2.82. The molecule has 746 valence electrons. The number of hydrogen-bond acceptors (Lipinski definition) is 27. The van der Waals surface area contributed by atoms with E-state index in [1.54, 1.807) is 62.8 Å². The highest BCUT2D eigenvalue weighted by Crippen LogP contribution is 2.36. The summed E-state index contributed by atoms with van der Waals surface area (Å²) in [4.78, 5) is 139. The lowest BCUT2D eigenvalue weighted by Gasteiger charge is -2.12. The predicted molar refractivity (Wildman–Crippen MR) is 503 cm³/mol. The Bertz CT molecular complexity index is 7610. The zero-order valence-corrected chi connectivity index (χ0v) is 78.1. The van der Waals surface area contributed by atoms with Crippen LogP contribution >= 0.6 is 0 Å². The Labute approximate surface area is 867 Å². The fourth-order valence-corrected chi connectivity index (χ4v) is 13.4. The van der Waals surface area contributed by atoms with Gasteiger partial charge in [-0.1, -0.05) is 69.2 Å². The molecule has 0 aliphatic carbocycles. The summed E-state index contributed by atoms with van der Waals surface area (Å²) < 4.78 is 433. The van der Waals surface area contributed by atoms with Crippen LogP contribution in [0.1, 0.15) is 250 Å². The first-order chi connectivity index (χ1) is 83.3. The predicted octanol–water partition coefficient (Wildman–Crippen LogP) is 11.2. The maximum atomic E-state index is 12.0. The summed E-state index contributed by atoms with van der Waals surface area (Å²) in [6.07, 6.45) is -2.23. The number of imidazole rings is 9. The maximum absolute atomic E-state index is 12.0. The monoisotopic (exact) mass is 1940 g/mol. The number of aromatic nitrogens is 18. The van der Waals surface area contributed by atoms with Gasteiger partial charge in [-0.2, -0.15) is 0 Å². The highest BCUT2D eigenvalue weighted by molar-refractivity contribution is 5.78. The Morgan fingerprint density at radius 3 is 0.934 bits per heavy atom. The molecular weight excluding hydrogens is 1740 g/mol. The van der Waals surface area contributed by atoms with E-state index < -0.39 is 279 Å². The third kappa shape index (κ3) is 30.1. The van der Waals surface area contributed by atoms with Gasteiger partial charge in [0, 0.05) is 275 Å². The van der Waals surface area contributed by atoms with Crippen molar-refractivity contribution >= 4 is 53.7 Å². The minimum Gasteiger partial charge on any atom is -0.465 e. The Morgan fingerprint density at radius 2 is 0.566 bits per heavy atom. The summed E-state index contributed by atoms with van der Waals surface area (Å²) in [6, 6.07) is 0. The quantitative estimate of drug-likeness (QED) is 0.0359. The van der Waals surface area contributed by atoms with E-state index in [-0.39, 0.29) is 95.6 Å². The van der Waals surface area contributed by atoms with E-state index in [9.17, 15) is 43.2 Å². The number of cyclic esters (lactones) is 9. The molecule has 9 aliphatic heterocycles. The molecule has 9 fully saturated rings. The molecule has 0 amide bonds. The van der Waals surface area contributed by atoms with Crippen LogP contribution in [0.3, 0.4) is 0 Å². The molecule has 36 heteroatoms. The van der Waals surface area contributed by atoms with E-state index in [2.05, 4.69) is 54.3 Å². The zero-order chi connectivity index (χ0) is 141. The van der Waals surface area contributed by atoms with Crippen molar-refractivity contribution in [2.45, 2.75) is 191 Å². The highest BCUT2D eigenvalue weighted by Gasteiger charge is 2.43. The van der Waals surface area contributed by atoms with Crippen molar-refractivity contribution < 1.29 is 152 Å². The Kier molecular flexibility index (Phi) is 23.1. The first kappa shape index (κ1) is 58.0. The van der Waals surface area contributed by atoms with Gasteiger partial charge in [0.1, 0.15) is 0 Å². The SMILES string of the molecule is CC[C@H]1CCOC1=O.[2H]C([2H])(C)[C@]1([2H])C(=O)OC[C@]1([2H])C([2H])([2H])c1cncn1C.[2H]C([2H])(C)c1cncn1C([2H])([2H])[2H].[2H]C([2H])(c1cncn1C([2H])([2H])[2H])[C@H]1COC(=O)[C@@]1([2H])C([2H])([2H])C.[2H]C([2H])(c1cncn1C([2H])([2H])[2H])[C@H]1COC(=O)[C@@]1([2H])CC.[2H]C([2H])(c1cncn1C)[C@@]1([2H])COC(=O)[C@@]1([2H])CC.[2H]C([2H])(c1cncn1C)[C@@]1([2H])COC(=O)[C@H]1CC.[2H]C1([2H])OC(=O)[C@@H](CC)[C@H]1C([2H])([2H])c1cncn1C.[2H]C1([2H])OC(=O)[C@@]([2H])(C([2H])([2H])C)[C@H]1C([2H])([2H])c1cncn1C.[2H]C1([2H])OC(=O)[C@@]([2H])(CC)[C@H]1C([2H])([2H])c1cncn1C. The molecule has 18 heterocycles. The third-order valence-electron chi connectivity index (χ3n) is 21.3. The van der Waals surface area contributed by atoms with Crippen molar-refractivity contribution in [3.05, 3.63) is 164 Å². The largest absolute Gasteiger partial charge is 0.465 e. The van der Waals surface area contributed by atoms with Crippen molar-refractivity contribution in [1.82, 2.24) is 86.0 Å². The summed E-state index contributed by atoms with van der Waals surface area (Å²) in [6.45, 7) is -2.36. The van der Waals surface area contributed by atoms with E-state index in [1.807, 2.05) is 6.92 Å². The first-order valence-electron chi connectivity index (χ1n) is 67.0. The molecule has 0 bridgehead atoms. The zero-order valence-electron chi connectivity index (χ0n) is 126. The van der Waals surface area contributed by atoms with Crippen molar-refractivity contribution in [1.29, 1.82) is 0 Å². The molecule has 9 saturated heterocycles.